The van der Waals surface area contributed by atoms with E-state index in [9.17, 15) is 0 Å². The second kappa shape index (κ2) is 6.36. The summed E-state index contributed by atoms with van der Waals surface area (Å²) in [5, 5.41) is 2.15. The molecule has 0 aromatic rings. The van der Waals surface area contributed by atoms with E-state index in [-0.39, 0.29) is 0 Å². The molecule has 0 aliphatic carbocycles. The second-order valence-electron chi connectivity index (χ2n) is 3.56. The Labute approximate surface area is 81.1 Å². The van der Waals surface area contributed by atoms with Crippen molar-refractivity contribution in [2.24, 2.45) is 11.8 Å². The highest BCUT2D eigenvalue weighted by Gasteiger charge is 2.02. The fourth-order valence-corrected chi connectivity index (χ4v) is 1.76. The van der Waals surface area contributed by atoms with Crippen molar-refractivity contribution in [1.82, 2.24) is 0 Å². The molecule has 0 fully saturated rings. The lowest BCUT2D eigenvalue weighted by atomic mass is 10.1. The van der Waals surface area contributed by atoms with Gasteiger partial charge in [0.15, 0.2) is 0 Å². The first kappa shape index (κ1) is 11.8. The largest absolute Gasteiger partial charge is 0.103 e. The maximum Gasteiger partial charge on any atom is -0.0120 e. The van der Waals surface area contributed by atoms with Gasteiger partial charge in [-0.2, -0.15) is 0 Å². The minimum atomic E-state index is 0.647. The van der Waals surface area contributed by atoms with Crippen molar-refractivity contribution in [1.29, 1.82) is 0 Å². The van der Waals surface area contributed by atoms with Crippen LogP contribution in [0.5, 0.6) is 0 Å². The van der Waals surface area contributed by atoms with Gasteiger partial charge in [-0.1, -0.05) is 39.8 Å². The van der Waals surface area contributed by atoms with Crippen molar-refractivity contribution in [2.75, 3.05) is 0 Å². The molecule has 1 heteroatoms. The van der Waals surface area contributed by atoms with Crippen molar-refractivity contribution in [2.45, 2.75) is 34.6 Å². The minimum Gasteiger partial charge on any atom is -0.103 e. The fourth-order valence-electron chi connectivity index (χ4n) is 0.843. The summed E-state index contributed by atoms with van der Waals surface area (Å²) in [5.41, 5.74) is 0. The first-order valence-electron chi connectivity index (χ1n) is 4.57. The normalized spacial score (nSPS) is 13.8. The summed E-state index contributed by atoms with van der Waals surface area (Å²) >= 11 is 1.84. The van der Waals surface area contributed by atoms with Crippen molar-refractivity contribution < 1.29 is 0 Å². The molecule has 0 N–H and O–H groups in total. The number of thioether (sulfide) groups is 1. The SMILES string of the molecule is C/C=C\SC(=CC(C)C)C(C)C. The third-order valence-electron chi connectivity index (χ3n) is 1.41. The van der Waals surface area contributed by atoms with Crippen LogP contribution < -0.4 is 0 Å². The van der Waals surface area contributed by atoms with Gasteiger partial charge in [0.05, 0.1) is 0 Å². The summed E-state index contributed by atoms with van der Waals surface area (Å²) in [7, 11) is 0. The Morgan fingerprint density at radius 3 is 2.08 bits per heavy atom. The van der Waals surface area contributed by atoms with Crippen LogP contribution in [0.2, 0.25) is 0 Å². The van der Waals surface area contributed by atoms with E-state index in [0.29, 0.717) is 11.8 Å². The third-order valence-corrected chi connectivity index (χ3v) is 2.69. The fraction of sp³-hybridized carbons (Fsp3) is 0.636. The molecule has 0 rings (SSSR count). The van der Waals surface area contributed by atoms with Crippen molar-refractivity contribution >= 4 is 11.8 Å². The Morgan fingerprint density at radius 2 is 1.75 bits per heavy atom. The van der Waals surface area contributed by atoms with E-state index in [0.717, 1.165) is 0 Å². The Balaban J connectivity index is 4.22. The third kappa shape index (κ3) is 5.48. The van der Waals surface area contributed by atoms with Gasteiger partial charge in [0.25, 0.3) is 0 Å². The summed E-state index contributed by atoms with van der Waals surface area (Å²) in [5.74, 6) is 1.30. The van der Waals surface area contributed by atoms with Crippen LogP contribution in [-0.4, -0.2) is 0 Å². The van der Waals surface area contributed by atoms with Gasteiger partial charge in [-0.15, -0.1) is 11.8 Å². The van der Waals surface area contributed by atoms with E-state index < -0.39 is 0 Å². The zero-order valence-corrected chi connectivity index (χ0v) is 9.61. The predicted molar refractivity (Wildman–Crippen MR) is 60.2 cm³/mol. The molecule has 0 aliphatic heterocycles. The highest BCUT2D eigenvalue weighted by atomic mass is 32.2. The molecular formula is C11H20S. The summed E-state index contributed by atoms with van der Waals surface area (Å²) in [6, 6.07) is 0. The zero-order chi connectivity index (χ0) is 9.56. The smallest absolute Gasteiger partial charge is 0.0120 e. The van der Waals surface area contributed by atoms with Crippen molar-refractivity contribution in [3.8, 4) is 0 Å². The lowest BCUT2D eigenvalue weighted by Gasteiger charge is -2.09. The zero-order valence-electron chi connectivity index (χ0n) is 8.79. The van der Waals surface area contributed by atoms with Crippen molar-refractivity contribution in [3.05, 3.63) is 22.5 Å². The van der Waals surface area contributed by atoms with Crippen LogP contribution in [-0.2, 0) is 0 Å². The summed E-state index contributed by atoms with van der Waals surface area (Å²) in [4.78, 5) is 1.48. The molecule has 0 atom stereocenters. The first-order chi connectivity index (χ1) is 5.57. The molecule has 0 saturated carbocycles. The predicted octanol–water partition coefficient (Wildman–Crippen LogP) is 4.45. The van der Waals surface area contributed by atoms with Gasteiger partial charge in [0.2, 0.25) is 0 Å². The highest BCUT2D eigenvalue weighted by Crippen LogP contribution is 2.26. The van der Waals surface area contributed by atoms with Crippen LogP contribution in [0.25, 0.3) is 0 Å². The summed E-state index contributed by atoms with van der Waals surface area (Å²) < 4.78 is 0. The molecule has 0 amide bonds. The van der Waals surface area contributed by atoms with Crippen LogP contribution in [0.15, 0.2) is 22.5 Å². The molecule has 12 heavy (non-hydrogen) atoms. The van der Waals surface area contributed by atoms with E-state index in [2.05, 4.69) is 52.2 Å². The van der Waals surface area contributed by atoms with Gasteiger partial charge < -0.3 is 0 Å². The quantitative estimate of drug-likeness (QED) is 0.622. The molecule has 0 spiro atoms. The van der Waals surface area contributed by atoms with Crippen LogP contribution in [0.3, 0.4) is 0 Å². The molecule has 0 unspecified atom stereocenters. The molecule has 0 saturated heterocycles. The van der Waals surface area contributed by atoms with E-state index in [1.165, 1.54) is 4.91 Å². The molecule has 0 bridgehead atoms. The summed E-state index contributed by atoms with van der Waals surface area (Å²) in [6.45, 7) is 11.0. The maximum atomic E-state index is 2.34. The van der Waals surface area contributed by atoms with E-state index in [1.54, 1.807) is 0 Å². The molecular weight excluding hydrogens is 164 g/mol. The second-order valence-corrected chi connectivity index (χ2v) is 4.53. The number of rotatable bonds is 4. The summed E-state index contributed by atoms with van der Waals surface area (Å²) in [6.07, 6.45) is 4.43. The number of hydrogen-bond acceptors (Lipinski definition) is 1. The van der Waals surface area contributed by atoms with Crippen LogP contribution in [0.1, 0.15) is 34.6 Å². The average molecular weight is 184 g/mol. The van der Waals surface area contributed by atoms with E-state index >= 15 is 0 Å². The standard InChI is InChI=1S/C11H20S/c1-6-7-12-11(10(4)5)8-9(2)3/h6-10H,1-5H3/b7-6-,11-8?. The Hall–Kier alpha value is -0.170. The van der Waals surface area contributed by atoms with Gasteiger partial charge in [-0.05, 0) is 29.1 Å². The minimum absolute atomic E-state index is 0.647. The lowest BCUT2D eigenvalue weighted by molar-refractivity contribution is 0.769. The van der Waals surface area contributed by atoms with Crippen molar-refractivity contribution in [3.63, 3.8) is 0 Å². The molecule has 70 valence electrons. The Bertz CT molecular complexity index is 164. The first-order valence-corrected chi connectivity index (χ1v) is 5.45. The molecule has 0 aromatic carbocycles. The lowest BCUT2D eigenvalue weighted by Crippen LogP contribution is -1.91. The Kier molecular flexibility index (Phi) is 6.27. The van der Waals surface area contributed by atoms with Crippen LogP contribution in [0.4, 0.5) is 0 Å². The van der Waals surface area contributed by atoms with Crippen LogP contribution >= 0.6 is 11.8 Å². The number of allylic oxidation sites excluding steroid dienone is 3. The average Bonchev–Trinajstić information content (AvgIpc) is 1.96. The van der Waals surface area contributed by atoms with Gasteiger partial charge in [0.1, 0.15) is 0 Å². The van der Waals surface area contributed by atoms with E-state index in [1.807, 2.05) is 11.8 Å². The molecule has 0 aromatic heterocycles. The van der Waals surface area contributed by atoms with Gasteiger partial charge in [0, 0.05) is 0 Å². The topological polar surface area (TPSA) is 0 Å². The van der Waals surface area contributed by atoms with E-state index in [4.69, 9.17) is 0 Å². The molecule has 0 radical (unpaired) electrons. The molecule has 0 aliphatic rings. The van der Waals surface area contributed by atoms with Gasteiger partial charge >= 0.3 is 0 Å². The van der Waals surface area contributed by atoms with Gasteiger partial charge in [-0.25, -0.2) is 0 Å². The number of hydrogen-bond donors (Lipinski definition) is 0. The molecule has 0 heterocycles. The van der Waals surface area contributed by atoms with Crippen LogP contribution in [0, 0.1) is 11.8 Å². The monoisotopic (exact) mass is 184 g/mol. The molecule has 0 nitrogen and oxygen atoms in total. The Morgan fingerprint density at radius 1 is 1.17 bits per heavy atom. The highest BCUT2D eigenvalue weighted by molar-refractivity contribution is 8.05. The maximum absolute atomic E-state index is 2.34. The van der Waals surface area contributed by atoms with Gasteiger partial charge in [-0.3, -0.25) is 0 Å².